The van der Waals surface area contributed by atoms with Gasteiger partial charge in [0.05, 0.1) is 12.7 Å². The number of amides is 1. The molecule has 0 aromatic rings. The van der Waals surface area contributed by atoms with Crippen LogP contribution in [-0.2, 0) is 9.53 Å². The number of likely N-dealkylation sites (tertiary alicyclic amines) is 2. The number of piperidine rings is 1. The van der Waals surface area contributed by atoms with Crippen LogP contribution in [0.2, 0.25) is 0 Å². The molecular formula is C18H30N2O2. The lowest BCUT2D eigenvalue weighted by molar-refractivity contribution is -0.132. The molecule has 4 rings (SSSR count). The Labute approximate surface area is 134 Å². The summed E-state index contributed by atoms with van der Waals surface area (Å²) in [5, 5.41) is 0. The quantitative estimate of drug-likeness (QED) is 0.780. The maximum absolute atomic E-state index is 12.6. The van der Waals surface area contributed by atoms with Gasteiger partial charge in [-0.3, -0.25) is 4.79 Å². The molecule has 0 aromatic carbocycles. The molecule has 2 heterocycles. The summed E-state index contributed by atoms with van der Waals surface area (Å²) in [7, 11) is 0. The number of nitrogens with zero attached hydrogens (tertiary/aromatic N) is 2. The van der Waals surface area contributed by atoms with Crippen molar-refractivity contribution in [3.8, 4) is 0 Å². The number of rotatable bonds is 5. The van der Waals surface area contributed by atoms with E-state index in [4.69, 9.17) is 4.74 Å². The van der Waals surface area contributed by atoms with Crippen molar-refractivity contribution in [2.75, 3.05) is 39.3 Å². The normalized spacial score (nSPS) is 38.3. The molecule has 4 aliphatic rings. The molecule has 22 heavy (non-hydrogen) atoms. The van der Waals surface area contributed by atoms with Crippen molar-refractivity contribution in [1.82, 2.24) is 9.80 Å². The third-order valence-electron chi connectivity index (χ3n) is 6.36. The molecule has 4 fully saturated rings. The zero-order valence-corrected chi connectivity index (χ0v) is 13.7. The maximum atomic E-state index is 12.6. The third kappa shape index (κ3) is 3.05. The summed E-state index contributed by atoms with van der Waals surface area (Å²) in [5.41, 5.74) is 0. The Morgan fingerprint density at radius 1 is 0.955 bits per heavy atom. The third-order valence-corrected chi connectivity index (χ3v) is 6.36. The highest BCUT2D eigenvalue weighted by atomic mass is 16.5. The monoisotopic (exact) mass is 306 g/mol. The Hall–Kier alpha value is -0.610. The molecule has 124 valence electrons. The van der Waals surface area contributed by atoms with E-state index >= 15 is 0 Å². The summed E-state index contributed by atoms with van der Waals surface area (Å²) in [5.74, 6) is 2.32. The fraction of sp³-hybridized carbons (Fsp3) is 0.944. The van der Waals surface area contributed by atoms with E-state index in [1.807, 2.05) is 0 Å². The summed E-state index contributed by atoms with van der Waals surface area (Å²) in [4.78, 5) is 17.2. The number of ether oxygens (including phenoxy) is 1. The second-order valence-corrected chi connectivity index (χ2v) is 7.75. The van der Waals surface area contributed by atoms with Gasteiger partial charge in [0.2, 0.25) is 5.91 Å². The summed E-state index contributed by atoms with van der Waals surface area (Å²) in [6.45, 7) is 6.14. The topological polar surface area (TPSA) is 32.8 Å². The Morgan fingerprint density at radius 2 is 1.73 bits per heavy atom. The van der Waals surface area contributed by atoms with Gasteiger partial charge in [-0.2, -0.15) is 0 Å². The van der Waals surface area contributed by atoms with E-state index in [1.165, 1.54) is 51.6 Å². The lowest BCUT2D eigenvalue weighted by Gasteiger charge is -2.26. The molecule has 1 amide bonds. The number of hydrogen-bond acceptors (Lipinski definition) is 3. The van der Waals surface area contributed by atoms with E-state index < -0.39 is 0 Å². The van der Waals surface area contributed by atoms with Crippen molar-refractivity contribution in [2.45, 2.75) is 51.0 Å². The van der Waals surface area contributed by atoms with Crippen LogP contribution in [-0.4, -0.2) is 61.1 Å². The van der Waals surface area contributed by atoms with Crippen molar-refractivity contribution in [2.24, 2.45) is 17.8 Å². The molecule has 0 bridgehead atoms. The van der Waals surface area contributed by atoms with Crippen molar-refractivity contribution >= 4 is 5.91 Å². The van der Waals surface area contributed by atoms with Gasteiger partial charge < -0.3 is 14.5 Å². The molecule has 0 N–H and O–H groups in total. The molecule has 2 saturated carbocycles. The van der Waals surface area contributed by atoms with Gasteiger partial charge in [0, 0.05) is 25.6 Å². The summed E-state index contributed by atoms with van der Waals surface area (Å²) in [6.07, 6.45) is 9.34. The number of hydrogen-bond donors (Lipinski definition) is 0. The Kier molecular flexibility index (Phi) is 4.40. The van der Waals surface area contributed by atoms with Gasteiger partial charge >= 0.3 is 0 Å². The average molecular weight is 306 g/mol. The summed E-state index contributed by atoms with van der Waals surface area (Å²) in [6, 6.07) is 0. The minimum absolute atomic E-state index is 0.285. The molecule has 3 atom stereocenters. The van der Waals surface area contributed by atoms with Crippen LogP contribution in [0.3, 0.4) is 0 Å². The summed E-state index contributed by atoms with van der Waals surface area (Å²) < 4.78 is 6.04. The molecule has 2 aliphatic heterocycles. The van der Waals surface area contributed by atoms with Crippen LogP contribution in [0.5, 0.6) is 0 Å². The van der Waals surface area contributed by atoms with Gasteiger partial charge in [-0.05, 0) is 57.0 Å². The van der Waals surface area contributed by atoms with Crippen LogP contribution >= 0.6 is 0 Å². The Bertz CT molecular complexity index is 398. The van der Waals surface area contributed by atoms with Crippen LogP contribution in [0.1, 0.15) is 44.9 Å². The smallest absolute Gasteiger partial charge is 0.226 e. The highest BCUT2D eigenvalue weighted by molar-refractivity contribution is 5.82. The molecule has 0 spiro atoms. The van der Waals surface area contributed by atoms with Crippen molar-refractivity contribution in [1.29, 1.82) is 0 Å². The standard InChI is InChI=1S/C18H30N2O2/c21-18(17-15-5-4-6-16(15)17)20-10-7-14(13-20)22-12-11-19-8-2-1-3-9-19/h14-17H,1-13H2. The van der Waals surface area contributed by atoms with Crippen LogP contribution in [0.15, 0.2) is 0 Å². The summed E-state index contributed by atoms with van der Waals surface area (Å²) >= 11 is 0. The van der Waals surface area contributed by atoms with E-state index in [2.05, 4.69) is 9.80 Å². The molecule has 2 saturated heterocycles. The van der Waals surface area contributed by atoms with E-state index in [9.17, 15) is 4.79 Å². The first-order valence-corrected chi connectivity index (χ1v) is 9.45. The minimum atomic E-state index is 0.285. The molecule has 0 radical (unpaired) electrons. The molecule has 2 aliphatic carbocycles. The maximum Gasteiger partial charge on any atom is 0.226 e. The fourth-order valence-corrected chi connectivity index (χ4v) is 4.99. The van der Waals surface area contributed by atoms with Gasteiger partial charge in [-0.15, -0.1) is 0 Å². The van der Waals surface area contributed by atoms with Crippen LogP contribution < -0.4 is 0 Å². The van der Waals surface area contributed by atoms with Gasteiger partial charge in [-0.1, -0.05) is 12.8 Å². The van der Waals surface area contributed by atoms with E-state index in [0.29, 0.717) is 11.8 Å². The lowest BCUT2D eigenvalue weighted by Crippen LogP contribution is -2.35. The second-order valence-electron chi connectivity index (χ2n) is 7.75. The number of fused-ring (bicyclic) bond motifs is 1. The second kappa shape index (κ2) is 6.48. The fourth-order valence-electron chi connectivity index (χ4n) is 4.99. The molecule has 0 aromatic heterocycles. The number of carbonyl (C=O) groups excluding carboxylic acids is 1. The highest BCUT2D eigenvalue weighted by Gasteiger charge is 2.57. The first kappa shape index (κ1) is 14.9. The van der Waals surface area contributed by atoms with Crippen LogP contribution in [0.4, 0.5) is 0 Å². The Morgan fingerprint density at radius 3 is 2.50 bits per heavy atom. The predicted molar refractivity (Wildman–Crippen MR) is 85.5 cm³/mol. The van der Waals surface area contributed by atoms with Crippen molar-refractivity contribution in [3.63, 3.8) is 0 Å². The van der Waals surface area contributed by atoms with Crippen LogP contribution in [0.25, 0.3) is 0 Å². The van der Waals surface area contributed by atoms with Gasteiger partial charge in [0.15, 0.2) is 0 Å². The Balaban J connectivity index is 1.16. The van der Waals surface area contributed by atoms with E-state index in [0.717, 1.165) is 44.5 Å². The van der Waals surface area contributed by atoms with Crippen LogP contribution in [0, 0.1) is 17.8 Å². The lowest BCUT2D eigenvalue weighted by atomic mass is 10.1. The van der Waals surface area contributed by atoms with E-state index in [1.54, 1.807) is 0 Å². The average Bonchev–Trinajstić information content (AvgIpc) is 2.94. The molecule has 4 nitrogen and oxygen atoms in total. The van der Waals surface area contributed by atoms with Gasteiger partial charge in [0.1, 0.15) is 0 Å². The van der Waals surface area contributed by atoms with Crippen molar-refractivity contribution in [3.05, 3.63) is 0 Å². The first-order chi connectivity index (χ1) is 10.8. The minimum Gasteiger partial charge on any atom is -0.375 e. The highest BCUT2D eigenvalue weighted by Crippen LogP contribution is 2.58. The largest absolute Gasteiger partial charge is 0.375 e. The first-order valence-electron chi connectivity index (χ1n) is 9.45. The molecule has 3 unspecified atom stereocenters. The number of carbonyl (C=O) groups is 1. The van der Waals surface area contributed by atoms with Crippen molar-refractivity contribution < 1.29 is 9.53 Å². The van der Waals surface area contributed by atoms with Gasteiger partial charge in [0.25, 0.3) is 0 Å². The zero-order chi connectivity index (χ0) is 14.9. The van der Waals surface area contributed by atoms with E-state index in [-0.39, 0.29) is 6.10 Å². The predicted octanol–water partition coefficient (Wildman–Crippen LogP) is 2.14. The molecular weight excluding hydrogens is 276 g/mol. The SMILES string of the molecule is O=C(C1C2CCCC21)N1CCC(OCCN2CCCCC2)C1. The zero-order valence-electron chi connectivity index (χ0n) is 13.7. The molecule has 4 heteroatoms. The van der Waals surface area contributed by atoms with Gasteiger partial charge in [-0.25, -0.2) is 0 Å².